The summed E-state index contributed by atoms with van der Waals surface area (Å²) in [5, 5.41) is 10.1. The van der Waals surface area contributed by atoms with E-state index in [0.29, 0.717) is 10.2 Å². The Kier molecular flexibility index (Phi) is 4.88. The van der Waals surface area contributed by atoms with E-state index in [2.05, 4.69) is 14.7 Å². The Hall–Kier alpha value is -3.12. The molecule has 148 valence electrons. The van der Waals surface area contributed by atoms with Crippen molar-refractivity contribution >= 4 is 33.2 Å². The van der Waals surface area contributed by atoms with Crippen molar-refractivity contribution in [1.29, 1.82) is 5.26 Å². The number of fused-ring (bicyclic) bond motifs is 3. The van der Waals surface area contributed by atoms with E-state index in [1.807, 2.05) is 6.07 Å². The second-order valence-electron chi connectivity index (χ2n) is 6.56. The van der Waals surface area contributed by atoms with Gasteiger partial charge in [-0.1, -0.05) is 18.2 Å². The van der Waals surface area contributed by atoms with Gasteiger partial charge in [-0.2, -0.15) is 5.26 Å². The van der Waals surface area contributed by atoms with Crippen molar-refractivity contribution in [2.75, 3.05) is 0 Å². The molecule has 1 N–H and O–H groups in total. The standard InChI is InChI=1S/C20H14F3N3O2S/c21-20(22,23)28-14-7-3-1-5-11(14)9-12(10-24)17-25-18(27)16-13-6-2-4-8-15(13)29-19(16)26-17/h1,3,5,7,9H,2,4,6,8H2,(H,25,26,27)/b12-9+. The largest absolute Gasteiger partial charge is 0.573 e. The van der Waals surface area contributed by atoms with Gasteiger partial charge in [0.2, 0.25) is 0 Å². The number of nitrogens with one attached hydrogen (secondary N) is 1. The van der Waals surface area contributed by atoms with Crippen LogP contribution in [0.25, 0.3) is 21.9 Å². The lowest BCUT2D eigenvalue weighted by Gasteiger charge is -2.11. The lowest BCUT2D eigenvalue weighted by molar-refractivity contribution is -0.274. The molecule has 0 saturated heterocycles. The normalized spacial score (nSPS) is 14.5. The van der Waals surface area contributed by atoms with Crippen LogP contribution < -0.4 is 10.3 Å². The summed E-state index contributed by atoms with van der Waals surface area (Å²) in [7, 11) is 0. The number of rotatable bonds is 3. The van der Waals surface area contributed by atoms with Crippen LogP contribution in [0.3, 0.4) is 0 Å². The highest BCUT2D eigenvalue weighted by Gasteiger charge is 2.32. The van der Waals surface area contributed by atoms with Crippen molar-refractivity contribution < 1.29 is 17.9 Å². The average molecular weight is 417 g/mol. The molecule has 1 aromatic carbocycles. The number of benzene rings is 1. The number of hydrogen-bond acceptors (Lipinski definition) is 5. The number of halogens is 3. The van der Waals surface area contributed by atoms with Crippen LogP contribution in [0.5, 0.6) is 5.75 Å². The molecule has 0 atom stereocenters. The minimum Gasteiger partial charge on any atom is -0.405 e. The first-order valence-corrected chi connectivity index (χ1v) is 9.69. The number of H-pyrrole nitrogens is 1. The van der Waals surface area contributed by atoms with Gasteiger partial charge in [0, 0.05) is 10.4 Å². The SMILES string of the molecule is N#C/C(=C\c1ccccc1OC(F)(F)F)c1nc2sc3c(c2c(=O)[nH]1)CCCC3. The Balaban J connectivity index is 1.81. The summed E-state index contributed by atoms with van der Waals surface area (Å²) < 4.78 is 41.9. The molecule has 5 nitrogen and oxygen atoms in total. The maximum Gasteiger partial charge on any atom is 0.573 e. The zero-order chi connectivity index (χ0) is 20.6. The molecule has 29 heavy (non-hydrogen) atoms. The molecule has 2 heterocycles. The van der Waals surface area contributed by atoms with E-state index < -0.39 is 12.1 Å². The van der Waals surface area contributed by atoms with E-state index in [1.165, 1.54) is 35.6 Å². The molecule has 0 bridgehead atoms. The van der Waals surface area contributed by atoms with Crippen LogP contribution in [0, 0.1) is 11.3 Å². The van der Waals surface area contributed by atoms with E-state index in [4.69, 9.17) is 0 Å². The van der Waals surface area contributed by atoms with Crippen molar-refractivity contribution in [2.24, 2.45) is 0 Å². The number of thiophene rings is 1. The number of nitrogens with zero attached hydrogens (tertiary/aromatic N) is 2. The second-order valence-corrected chi connectivity index (χ2v) is 7.64. The van der Waals surface area contributed by atoms with Crippen molar-refractivity contribution in [3.05, 3.63) is 56.4 Å². The van der Waals surface area contributed by atoms with Crippen LogP contribution in [0.4, 0.5) is 13.2 Å². The number of hydrogen-bond donors (Lipinski definition) is 1. The Bertz CT molecular complexity index is 1220. The molecule has 2 aromatic heterocycles. The molecule has 0 fully saturated rings. The van der Waals surface area contributed by atoms with Crippen molar-refractivity contribution in [2.45, 2.75) is 32.0 Å². The number of para-hydroxylation sites is 1. The number of aryl methyl sites for hydroxylation is 2. The maximum atomic E-state index is 12.7. The molecule has 0 saturated carbocycles. The molecule has 0 aliphatic heterocycles. The first kappa shape index (κ1) is 19.2. The lowest BCUT2D eigenvalue weighted by atomic mass is 9.97. The summed E-state index contributed by atoms with van der Waals surface area (Å²) >= 11 is 1.43. The van der Waals surface area contributed by atoms with Crippen LogP contribution >= 0.6 is 11.3 Å². The molecule has 0 radical (unpaired) electrons. The first-order chi connectivity index (χ1) is 13.9. The number of alkyl halides is 3. The Morgan fingerprint density at radius 3 is 2.79 bits per heavy atom. The quantitative estimate of drug-likeness (QED) is 0.620. The fourth-order valence-electron chi connectivity index (χ4n) is 3.42. The molecule has 1 aliphatic rings. The highest BCUT2D eigenvalue weighted by atomic mass is 32.1. The van der Waals surface area contributed by atoms with Crippen molar-refractivity contribution in [3.63, 3.8) is 0 Å². The van der Waals surface area contributed by atoms with Gasteiger partial charge in [-0.25, -0.2) is 4.98 Å². The molecule has 9 heteroatoms. The van der Waals surface area contributed by atoms with Crippen molar-refractivity contribution in [1.82, 2.24) is 9.97 Å². The zero-order valence-electron chi connectivity index (χ0n) is 15.0. The fourth-order valence-corrected chi connectivity index (χ4v) is 4.68. The molecule has 3 aromatic rings. The second kappa shape index (κ2) is 7.37. The Morgan fingerprint density at radius 2 is 2.03 bits per heavy atom. The summed E-state index contributed by atoms with van der Waals surface area (Å²) in [5.41, 5.74) is 0.663. The van der Waals surface area contributed by atoms with Crippen LogP contribution in [-0.4, -0.2) is 16.3 Å². The van der Waals surface area contributed by atoms with Gasteiger partial charge in [-0.15, -0.1) is 24.5 Å². The summed E-state index contributed by atoms with van der Waals surface area (Å²) in [6.07, 6.45) is 0.150. The molecule has 1 aliphatic carbocycles. The van der Waals surface area contributed by atoms with Crippen LogP contribution in [0.15, 0.2) is 29.1 Å². The predicted molar refractivity (Wildman–Crippen MR) is 103 cm³/mol. The molecule has 0 amide bonds. The number of allylic oxidation sites excluding steroid dienone is 1. The van der Waals surface area contributed by atoms with Gasteiger partial charge in [0.25, 0.3) is 5.56 Å². The summed E-state index contributed by atoms with van der Waals surface area (Å²) in [4.78, 5) is 21.4. The number of aromatic amines is 1. The van der Waals surface area contributed by atoms with Gasteiger partial charge in [-0.3, -0.25) is 4.79 Å². The smallest absolute Gasteiger partial charge is 0.405 e. The highest BCUT2D eigenvalue weighted by molar-refractivity contribution is 7.18. The fraction of sp³-hybridized carbons (Fsp3) is 0.250. The van der Waals surface area contributed by atoms with E-state index in [9.17, 15) is 23.2 Å². The Labute approximate surface area is 167 Å². The zero-order valence-corrected chi connectivity index (χ0v) is 15.8. The van der Waals surface area contributed by atoms with Gasteiger partial charge < -0.3 is 9.72 Å². The molecule has 0 unspecified atom stereocenters. The van der Waals surface area contributed by atoms with E-state index >= 15 is 0 Å². The van der Waals surface area contributed by atoms with E-state index in [-0.39, 0.29) is 22.5 Å². The van der Waals surface area contributed by atoms with Gasteiger partial charge in [0.05, 0.1) is 11.0 Å². The van der Waals surface area contributed by atoms with Gasteiger partial charge in [0.1, 0.15) is 16.6 Å². The number of nitriles is 1. The molecular formula is C20H14F3N3O2S. The highest BCUT2D eigenvalue weighted by Crippen LogP contribution is 2.34. The van der Waals surface area contributed by atoms with Crippen LogP contribution in [-0.2, 0) is 12.8 Å². The minimum atomic E-state index is -4.86. The summed E-state index contributed by atoms with van der Waals surface area (Å²) in [6.45, 7) is 0. The van der Waals surface area contributed by atoms with Crippen LogP contribution in [0.2, 0.25) is 0 Å². The van der Waals surface area contributed by atoms with E-state index in [0.717, 1.165) is 42.2 Å². The van der Waals surface area contributed by atoms with Crippen molar-refractivity contribution in [3.8, 4) is 11.8 Å². The molecule has 0 spiro atoms. The average Bonchev–Trinajstić information content (AvgIpc) is 3.05. The molecular weight excluding hydrogens is 403 g/mol. The summed E-state index contributed by atoms with van der Waals surface area (Å²) in [5.74, 6) is -0.423. The Morgan fingerprint density at radius 1 is 1.28 bits per heavy atom. The van der Waals surface area contributed by atoms with Gasteiger partial charge in [0.15, 0.2) is 5.82 Å². The van der Waals surface area contributed by atoms with Gasteiger partial charge in [-0.05, 0) is 43.4 Å². The molecule has 4 rings (SSSR count). The number of ether oxygens (including phenoxy) is 1. The van der Waals surface area contributed by atoms with Crippen LogP contribution in [0.1, 0.15) is 34.7 Å². The monoisotopic (exact) mass is 417 g/mol. The predicted octanol–water partition coefficient (Wildman–Crippen LogP) is 4.83. The first-order valence-electron chi connectivity index (χ1n) is 8.87. The topological polar surface area (TPSA) is 78.8 Å². The minimum absolute atomic E-state index is 0.0189. The number of aromatic nitrogens is 2. The summed E-state index contributed by atoms with van der Waals surface area (Å²) in [6, 6.07) is 7.37. The van der Waals surface area contributed by atoms with E-state index in [1.54, 1.807) is 0 Å². The third-order valence-electron chi connectivity index (χ3n) is 4.65. The maximum absolute atomic E-state index is 12.7. The third kappa shape index (κ3) is 3.89. The lowest BCUT2D eigenvalue weighted by Crippen LogP contribution is -2.17. The van der Waals surface area contributed by atoms with Gasteiger partial charge >= 0.3 is 6.36 Å². The third-order valence-corrected chi connectivity index (χ3v) is 5.83.